The van der Waals surface area contributed by atoms with Crippen LogP contribution in [0, 0.1) is 0 Å². The highest BCUT2D eigenvalue weighted by atomic mass is 16.1. The molecule has 0 saturated carbocycles. The summed E-state index contributed by atoms with van der Waals surface area (Å²) in [6.07, 6.45) is 0. The molecule has 5 N–H and O–H groups in total. The number of carbonyl (C=O) groups excluding carboxylic acids is 1. The second-order valence-corrected chi connectivity index (χ2v) is 3.87. The maximum Gasteiger partial charge on any atom is 0.248 e. The van der Waals surface area contributed by atoms with Crippen molar-refractivity contribution in [3.8, 4) is 0 Å². The first-order valence-corrected chi connectivity index (χ1v) is 5.33. The monoisotopic (exact) mass is 220 g/mol. The average Bonchev–Trinajstić information content (AvgIpc) is 2.30. The molecular formula is C11H16N4O. The fourth-order valence-electron chi connectivity index (χ4n) is 1.88. The van der Waals surface area contributed by atoms with Crippen molar-refractivity contribution in [1.82, 2.24) is 5.32 Å². The number of nitrogen functional groups attached to an aromatic ring is 1. The van der Waals surface area contributed by atoms with Crippen LogP contribution in [0.3, 0.4) is 0 Å². The summed E-state index contributed by atoms with van der Waals surface area (Å²) in [6.45, 7) is 3.65. The van der Waals surface area contributed by atoms with Crippen LogP contribution in [0.1, 0.15) is 10.4 Å². The second-order valence-electron chi connectivity index (χ2n) is 3.87. The number of hydrogen-bond acceptors (Lipinski definition) is 4. The van der Waals surface area contributed by atoms with E-state index in [0.29, 0.717) is 11.3 Å². The molecule has 1 amide bonds. The topological polar surface area (TPSA) is 84.4 Å². The Bertz CT molecular complexity index is 399. The van der Waals surface area contributed by atoms with Crippen LogP contribution in [0.15, 0.2) is 18.2 Å². The first-order chi connectivity index (χ1) is 7.68. The van der Waals surface area contributed by atoms with E-state index in [1.165, 1.54) is 0 Å². The van der Waals surface area contributed by atoms with Crippen molar-refractivity contribution < 1.29 is 4.79 Å². The lowest BCUT2D eigenvalue weighted by Crippen LogP contribution is -2.43. The summed E-state index contributed by atoms with van der Waals surface area (Å²) >= 11 is 0. The molecule has 1 aromatic rings. The lowest BCUT2D eigenvalue weighted by Gasteiger charge is -2.30. The van der Waals surface area contributed by atoms with Crippen molar-refractivity contribution in [3.63, 3.8) is 0 Å². The van der Waals surface area contributed by atoms with Crippen LogP contribution in [0.4, 0.5) is 11.4 Å². The molecule has 1 heterocycles. The molecule has 5 nitrogen and oxygen atoms in total. The number of nitrogens with zero attached hydrogens (tertiary/aromatic N) is 1. The van der Waals surface area contributed by atoms with Crippen molar-refractivity contribution in [2.24, 2.45) is 5.73 Å². The maximum absolute atomic E-state index is 11.1. The minimum atomic E-state index is -0.420. The lowest BCUT2D eigenvalue weighted by molar-refractivity contribution is 0.100. The summed E-state index contributed by atoms with van der Waals surface area (Å²) in [4.78, 5) is 13.3. The fraction of sp³-hybridized carbons (Fsp3) is 0.364. The molecule has 1 aliphatic rings. The number of carbonyl (C=O) groups is 1. The Morgan fingerprint density at radius 3 is 2.62 bits per heavy atom. The molecule has 0 bridgehead atoms. The van der Waals surface area contributed by atoms with Gasteiger partial charge in [0.15, 0.2) is 0 Å². The molecule has 1 saturated heterocycles. The molecule has 86 valence electrons. The van der Waals surface area contributed by atoms with E-state index in [1.54, 1.807) is 18.2 Å². The molecule has 0 unspecified atom stereocenters. The predicted octanol–water partition coefficient (Wildman–Crippen LogP) is -0.223. The zero-order valence-electron chi connectivity index (χ0n) is 9.07. The van der Waals surface area contributed by atoms with Crippen molar-refractivity contribution in [2.45, 2.75) is 0 Å². The Labute approximate surface area is 94.4 Å². The number of hydrogen-bond donors (Lipinski definition) is 3. The standard InChI is InChI=1S/C11H16N4O/c12-9-2-1-8(11(13)16)7-10(9)15-5-3-14-4-6-15/h1-2,7,14H,3-6,12H2,(H2,13,16). The maximum atomic E-state index is 11.1. The number of rotatable bonds is 2. The van der Waals surface area contributed by atoms with Gasteiger partial charge in [-0.05, 0) is 18.2 Å². The molecule has 2 rings (SSSR count). The first kappa shape index (κ1) is 10.8. The average molecular weight is 220 g/mol. The SMILES string of the molecule is NC(=O)c1ccc(N)c(N2CCNCC2)c1. The summed E-state index contributed by atoms with van der Waals surface area (Å²) in [6, 6.07) is 5.16. The summed E-state index contributed by atoms with van der Waals surface area (Å²) in [5.74, 6) is -0.420. The number of amides is 1. The summed E-state index contributed by atoms with van der Waals surface area (Å²) in [5.41, 5.74) is 13.2. The predicted molar refractivity (Wildman–Crippen MR) is 64.5 cm³/mol. The van der Waals surface area contributed by atoms with Crippen molar-refractivity contribution in [2.75, 3.05) is 36.8 Å². The molecule has 0 atom stereocenters. The highest BCUT2D eigenvalue weighted by molar-refractivity contribution is 5.95. The van der Waals surface area contributed by atoms with E-state index in [1.807, 2.05) is 0 Å². The third-order valence-electron chi connectivity index (χ3n) is 2.77. The summed E-state index contributed by atoms with van der Waals surface area (Å²) in [7, 11) is 0. The van der Waals surface area contributed by atoms with Crippen molar-refractivity contribution in [3.05, 3.63) is 23.8 Å². The van der Waals surface area contributed by atoms with Gasteiger partial charge in [0, 0.05) is 31.7 Å². The highest BCUT2D eigenvalue weighted by Crippen LogP contribution is 2.24. The quantitative estimate of drug-likeness (QED) is 0.601. The first-order valence-electron chi connectivity index (χ1n) is 5.33. The van der Waals surface area contributed by atoms with Gasteiger partial charge in [0.05, 0.1) is 11.4 Å². The molecule has 0 spiro atoms. The largest absolute Gasteiger partial charge is 0.397 e. The molecule has 0 radical (unpaired) electrons. The van der Waals surface area contributed by atoms with E-state index < -0.39 is 5.91 Å². The van der Waals surface area contributed by atoms with Gasteiger partial charge in [0.25, 0.3) is 0 Å². The zero-order valence-corrected chi connectivity index (χ0v) is 9.07. The molecule has 1 fully saturated rings. The third-order valence-corrected chi connectivity index (χ3v) is 2.77. The third kappa shape index (κ3) is 2.09. The second kappa shape index (κ2) is 4.40. The van der Waals surface area contributed by atoms with Crippen LogP contribution < -0.4 is 21.7 Å². The van der Waals surface area contributed by atoms with E-state index in [-0.39, 0.29) is 0 Å². The van der Waals surface area contributed by atoms with Crippen LogP contribution in [0.25, 0.3) is 0 Å². The fourth-order valence-corrected chi connectivity index (χ4v) is 1.88. The zero-order chi connectivity index (χ0) is 11.5. The highest BCUT2D eigenvalue weighted by Gasteiger charge is 2.14. The van der Waals surface area contributed by atoms with Crippen LogP contribution in [-0.2, 0) is 0 Å². The molecule has 1 aliphatic heterocycles. The van der Waals surface area contributed by atoms with Crippen LogP contribution in [0.5, 0.6) is 0 Å². The Hall–Kier alpha value is -1.75. The van der Waals surface area contributed by atoms with Gasteiger partial charge in [0.1, 0.15) is 0 Å². The van der Waals surface area contributed by atoms with E-state index >= 15 is 0 Å². The van der Waals surface area contributed by atoms with Crippen LogP contribution >= 0.6 is 0 Å². The number of primary amides is 1. The van der Waals surface area contributed by atoms with Crippen LogP contribution in [0.2, 0.25) is 0 Å². The van der Waals surface area contributed by atoms with E-state index in [2.05, 4.69) is 10.2 Å². The van der Waals surface area contributed by atoms with E-state index in [9.17, 15) is 4.79 Å². The molecular weight excluding hydrogens is 204 g/mol. The van der Waals surface area contributed by atoms with E-state index in [0.717, 1.165) is 31.9 Å². The van der Waals surface area contributed by atoms with Gasteiger partial charge in [-0.2, -0.15) is 0 Å². The van der Waals surface area contributed by atoms with Crippen LogP contribution in [-0.4, -0.2) is 32.1 Å². The van der Waals surface area contributed by atoms with Gasteiger partial charge in [-0.1, -0.05) is 0 Å². The van der Waals surface area contributed by atoms with Crippen molar-refractivity contribution >= 4 is 17.3 Å². The Morgan fingerprint density at radius 1 is 1.31 bits per heavy atom. The number of anilines is 2. The number of nitrogens with one attached hydrogen (secondary N) is 1. The Morgan fingerprint density at radius 2 is 2.00 bits per heavy atom. The van der Waals surface area contributed by atoms with Gasteiger partial charge in [-0.15, -0.1) is 0 Å². The summed E-state index contributed by atoms with van der Waals surface area (Å²) in [5, 5.41) is 3.27. The lowest BCUT2D eigenvalue weighted by atomic mass is 10.1. The molecule has 0 aliphatic carbocycles. The molecule has 5 heteroatoms. The summed E-state index contributed by atoms with van der Waals surface area (Å²) < 4.78 is 0. The minimum Gasteiger partial charge on any atom is -0.397 e. The van der Waals surface area contributed by atoms with Gasteiger partial charge < -0.3 is 21.7 Å². The van der Waals surface area contributed by atoms with Gasteiger partial charge in [-0.3, -0.25) is 4.79 Å². The van der Waals surface area contributed by atoms with Gasteiger partial charge >= 0.3 is 0 Å². The normalized spacial score (nSPS) is 16.1. The number of piperazine rings is 1. The Kier molecular flexibility index (Phi) is 2.96. The minimum absolute atomic E-state index is 0.420. The molecule has 0 aromatic heterocycles. The Balaban J connectivity index is 2.30. The van der Waals surface area contributed by atoms with E-state index in [4.69, 9.17) is 11.5 Å². The van der Waals surface area contributed by atoms with Gasteiger partial charge in [0.2, 0.25) is 5.91 Å². The van der Waals surface area contributed by atoms with Gasteiger partial charge in [-0.25, -0.2) is 0 Å². The molecule has 1 aromatic carbocycles. The number of nitrogens with two attached hydrogens (primary N) is 2. The number of benzene rings is 1. The molecule has 16 heavy (non-hydrogen) atoms. The smallest absolute Gasteiger partial charge is 0.248 e. The van der Waals surface area contributed by atoms with Crippen molar-refractivity contribution in [1.29, 1.82) is 0 Å².